The Bertz CT molecular complexity index is 527. The topological polar surface area (TPSA) is 57.6 Å². The van der Waals surface area contributed by atoms with Crippen LogP contribution in [0.5, 0.6) is 0 Å². The minimum Gasteiger partial charge on any atom is -0.481 e. The van der Waals surface area contributed by atoms with Crippen molar-refractivity contribution in [1.82, 2.24) is 0 Å². The van der Waals surface area contributed by atoms with Gasteiger partial charge in [0.1, 0.15) is 0 Å². The highest BCUT2D eigenvalue weighted by Gasteiger charge is 2.32. The van der Waals surface area contributed by atoms with Crippen molar-refractivity contribution in [2.45, 2.75) is 20.3 Å². The average Bonchev–Trinajstić information content (AvgIpc) is 2.32. The fraction of sp³-hybridized carbons (Fsp3) is 0.385. The molecule has 0 bridgehead atoms. The zero-order valence-electron chi connectivity index (χ0n) is 10.2. The third-order valence-electron chi connectivity index (χ3n) is 3.32. The van der Waals surface area contributed by atoms with Crippen molar-refractivity contribution in [2.24, 2.45) is 5.92 Å². The molecule has 5 heteroatoms. The number of carboxylic acid groups (broad SMARTS) is 1. The molecule has 1 heterocycles. The van der Waals surface area contributed by atoms with Gasteiger partial charge >= 0.3 is 5.97 Å². The molecule has 1 aliphatic rings. The molecule has 1 N–H and O–H groups in total. The van der Waals surface area contributed by atoms with Crippen LogP contribution in [0, 0.1) is 12.8 Å². The Hall–Kier alpha value is -1.55. The summed E-state index contributed by atoms with van der Waals surface area (Å²) in [6.07, 6.45) is 0.437. The van der Waals surface area contributed by atoms with Crippen molar-refractivity contribution in [3.63, 3.8) is 0 Å². The van der Waals surface area contributed by atoms with Gasteiger partial charge in [0, 0.05) is 18.5 Å². The number of carboxylic acids is 1. The minimum absolute atomic E-state index is 0.160. The van der Waals surface area contributed by atoms with Crippen molar-refractivity contribution in [3.8, 4) is 0 Å². The molecule has 0 radical (unpaired) electrons. The normalized spacial score (nSPS) is 18.4. The zero-order chi connectivity index (χ0) is 13.4. The van der Waals surface area contributed by atoms with Gasteiger partial charge in [0.25, 0.3) is 0 Å². The second kappa shape index (κ2) is 4.61. The Labute approximate surface area is 110 Å². The molecule has 0 saturated carbocycles. The van der Waals surface area contributed by atoms with Crippen LogP contribution in [-0.2, 0) is 16.0 Å². The third kappa shape index (κ3) is 2.08. The number of benzene rings is 1. The van der Waals surface area contributed by atoms with Crippen LogP contribution in [0.25, 0.3) is 0 Å². The van der Waals surface area contributed by atoms with Crippen LogP contribution in [0.3, 0.4) is 0 Å². The molecule has 1 atom stereocenters. The van der Waals surface area contributed by atoms with Gasteiger partial charge in [-0.25, -0.2) is 0 Å². The highest BCUT2D eigenvalue weighted by atomic mass is 35.5. The maximum atomic E-state index is 11.7. The van der Waals surface area contributed by atoms with Gasteiger partial charge in [-0.2, -0.15) is 0 Å². The van der Waals surface area contributed by atoms with Crippen molar-refractivity contribution in [1.29, 1.82) is 0 Å². The van der Waals surface area contributed by atoms with Crippen molar-refractivity contribution in [2.75, 3.05) is 11.4 Å². The molecule has 1 aliphatic heterocycles. The molecule has 18 heavy (non-hydrogen) atoms. The van der Waals surface area contributed by atoms with Crippen LogP contribution < -0.4 is 4.90 Å². The Balaban J connectivity index is 2.55. The number of nitrogens with zero attached hydrogens (tertiary/aromatic N) is 1. The molecule has 1 aromatic carbocycles. The van der Waals surface area contributed by atoms with Crippen molar-refractivity contribution >= 4 is 29.2 Å². The van der Waals surface area contributed by atoms with E-state index in [1.165, 1.54) is 11.8 Å². The minimum atomic E-state index is -0.875. The summed E-state index contributed by atoms with van der Waals surface area (Å²) in [6, 6.07) is 3.55. The van der Waals surface area contributed by atoms with E-state index < -0.39 is 11.9 Å². The van der Waals surface area contributed by atoms with Crippen LogP contribution in [0.4, 0.5) is 5.69 Å². The van der Waals surface area contributed by atoms with Crippen LogP contribution in [-0.4, -0.2) is 23.5 Å². The van der Waals surface area contributed by atoms with Crippen LogP contribution in [0.15, 0.2) is 12.1 Å². The number of carbonyl (C=O) groups is 2. The number of halogens is 1. The summed E-state index contributed by atoms with van der Waals surface area (Å²) < 4.78 is 0. The summed E-state index contributed by atoms with van der Waals surface area (Å²) >= 11 is 6.06. The van der Waals surface area contributed by atoms with Gasteiger partial charge < -0.3 is 10.0 Å². The van der Waals surface area contributed by atoms with Gasteiger partial charge in [0.2, 0.25) is 5.91 Å². The average molecular weight is 268 g/mol. The van der Waals surface area contributed by atoms with E-state index in [4.69, 9.17) is 16.7 Å². The molecule has 2 rings (SSSR count). The van der Waals surface area contributed by atoms with E-state index >= 15 is 0 Å². The highest BCUT2D eigenvalue weighted by Crippen LogP contribution is 2.36. The van der Waals surface area contributed by atoms with E-state index in [1.54, 1.807) is 12.1 Å². The second-order valence-electron chi connectivity index (χ2n) is 4.55. The van der Waals surface area contributed by atoms with E-state index in [2.05, 4.69) is 0 Å². The fourth-order valence-electron chi connectivity index (χ4n) is 2.37. The Morgan fingerprint density at radius 3 is 2.67 bits per heavy atom. The smallest absolute Gasteiger partial charge is 0.308 e. The zero-order valence-corrected chi connectivity index (χ0v) is 11.0. The number of hydrogen-bond acceptors (Lipinski definition) is 2. The van der Waals surface area contributed by atoms with Gasteiger partial charge in [-0.3, -0.25) is 9.59 Å². The van der Waals surface area contributed by atoms with Crippen molar-refractivity contribution in [3.05, 3.63) is 28.3 Å². The molecular weight excluding hydrogens is 254 g/mol. The standard InChI is InChI=1S/C13H14ClNO3/c1-7-11(14)4-3-9-5-10(13(17)18)6-15(8(2)16)12(7)9/h3-4,10H,5-6H2,1-2H3,(H,17,18). The Morgan fingerprint density at radius 2 is 2.11 bits per heavy atom. The molecule has 0 aliphatic carbocycles. The number of anilines is 1. The van der Waals surface area contributed by atoms with E-state index in [-0.39, 0.29) is 12.5 Å². The van der Waals surface area contributed by atoms with E-state index in [1.807, 2.05) is 6.92 Å². The lowest BCUT2D eigenvalue weighted by Gasteiger charge is -2.33. The van der Waals surface area contributed by atoms with Gasteiger partial charge in [-0.1, -0.05) is 17.7 Å². The first-order valence-corrected chi connectivity index (χ1v) is 6.08. The third-order valence-corrected chi connectivity index (χ3v) is 3.73. The predicted molar refractivity (Wildman–Crippen MR) is 69.0 cm³/mol. The van der Waals surface area contributed by atoms with Crippen LogP contribution in [0.1, 0.15) is 18.1 Å². The predicted octanol–water partition coefficient (Wildman–Crippen LogP) is 2.26. The number of carbonyl (C=O) groups excluding carboxylic acids is 1. The highest BCUT2D eigenvalue weighted by molar-refractivity contribution is 6.31. The van der Waals surface area contributed by atoms with Gasteiger partial charge in [-0.05, 0) is 30.5 Å². The summed E-state index contributed by atoms with van der Waals surface area (Å²) in [4.78, 5) is 24.3. The van der Waals surface area contributed by atoms with Gasteiger partial charge in [-0.15, -0.1) is 0 Å². The number of hydrogen-bond donors (Lipinski definition) is 1. The number of rotatable bonds is 1. The molecule has 1 unspecified atom stereocenters. The summed E-state index contributed by atoms with van der Waals surface area (Å²) in [5.41, 5.74) is 2.46. The number of aliphatic carboxylic acids is 1. The fourth-order valence-corrected chi connectivity index (χ4v) is 2.52. The molecule has 0 spiro atoms. The van der Waals surface area contributed by atoms with E-state index in [9.17, 15) is 9.59 Å². The maximum absolute atomic E-state index is 11.7. The van der Waals surface area contributed by atoms with Crippen molar-refractivity contribution < 1.29 is 14.7 Å². The molecular formula is C13H14ClNO3. The number of fused-ring (bicyclic) bond motifs is 1. The summed E-state index contributed by atoms with van der Waals surface area (Å²) in [6.45, 7) is 3.49. The molecule has 0 saturated heterocycles. The lowest BCUT2D eigenvalue weighted by Crippen LogP contribution is -2.42. The van der Waals surface area contributed by atoms with Crippen LogP contribution in [0.2, 0.25) is 5.02 Å². The lowest BCUT2D eigenvalue weighted by atomic mass is 9.90. The monoisotopic (exact) mass is 267 g/mol. The Morgan fingerprint density at radius 1 is 1.44 bits per heavy atom. The van der Waals surface area contributed by atoms with E-state index in [0.29, 0.717) is 11.4 Å². The molecule has 1 amide bonds. The van der Waals surface area contributed by atoms with Gasteiger partial charge in [0.05, 0.1) is 11.6 Å². The second-order valence-corrected chi connectivity index (χ2v) is 4.96. The summed E-state index contributed by atoms with van der Waals surface area (Å²) in [7, 11) is 0. The first-order valence-electron chi connectivity index (χ1n) is 5.70. The molecule has 4 nitrogen and oxygen atoms in total. The van der Waals surface area contributed by atoms with Crippen LogP contribution >= 0.6 is 11.6 Å². The largest absolute Gasteiger partial charge is 0.481 e. The molecule has 0 aromatic heterocycles. The Kier molecular flexibility index (Phi) is 3.30. The maximum Gasteiger partial charge on any atom is 0.308 e. The first-order chi connectivity index (χ1) is 8.41. The van der Waals surface area contributed by atoms with E-state index in [0.717, 1.165) is 16.8 Å². The molecule has 96 valence electrons. The number of amides is 1. The first kappa shape index (κ1) is 12.9. The summed E-state index contributed by atoms with van der Waals surface area (Å²) in [5, 5.41) is 9.71. The van der Waals surface area contributed by atoms with Gasteiger partial charge in [0.15, 0.2) is 0 Å². The SMILES string of the molecule is CC(=O)N1CC(C(=O)O)Cc2ccc(Cl)c(C)c21. The molecule has 0 fully saturated rings. The summed E-state index contributed by atoms with van der Waals surface area (Å²) in [5.74, 6) is -1.59. The molecule has 1 aromatic rings. The quantitative estimate of drug-likeness (QED) is 0.849. The lowest BCUT2D eigenvalue weighted by molar-refractivity contribution is -0.141.